The molecule has 1 saturated heterocycles. The number of nitrogens with zero attached hydrogens (tertiary/aromatic N) is 2. The van der Waals surface area contributed by atoms with Crippen LogP contribution in [0.4, 0.5) is 5.95 Å². The monoisotopic (exact) mass is 377 g/mol. The van der Waals surface area contributed by atoms with Crippen molar-refractivity contribution >= 4 is 45.6 Å². The van der Waals surface area contributed by atoms with Gasteiger partial charge in [0.2, 0.25) is 11.9 Å². The van der Waals surface area contributed by atoms with Crippen molar-refractivity contribution in [2.75, 3.05) is 10.7 Å². The predicted molar refractivity (Wildman–Crippen MR) is 106 cm³/mol. The van der Waals surface area contributed by atoms with Gasteiger partial charge in [-0.15, -0.1) is 11.8 Å². The van der Waals surface area contributed by atoms with Gasteiger partial charge in [0.05, 0.1) is 27.7 Å². The lowest BCUT2D eigenvalue weighted by Crippen LogP contribution is -2.31. The highest BCUT2D eigenvalue weighted by atomic mass is 32.2. The minimum atomic E-state index is -0.473. The highest BCUT2D eigenvalue weighted by molar-refractivity contribution is 8.00. The van der Waals surface area contributed by atoms with Crippen LogP contribution in [0.5, 0.6) is 0 Å². The molecule has 7 heteroatoms. The molecule has 1 amide bonds. The number of carbonyl (C=O) groups is 1. The Morgan fingerprint density at radius 2 is 2.07 bits per heavy atom. The van der Waals surface area contributed by atoms with Gasteiger partial charge in [0.1, 0.15) is 17.2 Å². The number of carbonyl (C=O) groups excluding carboxylic acids is 1. The number of aryl methyl sites for hydroxylation is 1. The van der Waals surface area contributed by atoms with Crippen LogP contribution in [0.3, 0.4) is 0 Å². The third-order valence-electron chi connectivity index (χ3n) is 4.69. The maximum atomic E-state index is 13.1. The minimum absolute atomic E-state index is 0.0900. The molecule has 0 bridgehead atoms. The molecule has 0 saturated carbocycles. The van der Waals surface area contributed by atoms with Crippen LogP contribution >= 0.6 is 11.8 Å². The number of thioether (sulfide) groups is 1. The van der Waals surface area contributed by atoms with E-state index in [2.05, 4.69) is 9.97 Å². The van der Waals surface area contributed by atoms with E-state index in [1.165, 1.54) is 18.0 Å². The normalized spacial score (nSPS) is 17.3. The SMILES string of the molecule is Cc1ccc2occ(C3SCC(=O)N3c3nc4ccccc4[nH]3)c(=O)c2c1. The summed E-state index contributed by atoms with van der Waals surface area (Å²) in [5.74, 6) is 0.639. The number of imidazole rings is 1. The van der Waals surface area contributed by atoms with Crippen molar-refractivity contribution in [3.8, 4) is 0 Å². The van der Waals surface area contributed by atoms with E-state index in [0.717, 1.165) is 16.6 Å². The maximum Gasteiger partial charge on any atom is 0.240 e. The number of benzene rings is 2. The first-order valence-corrected chi connectivity index (χ1v) is 9.57. The van der Waals surface area contributed by atoms with Gasteiger partial charge in [-0.1, -0.05) is 23.8 Å². The zero-order valence-corrected chi connectivity index (χ0v) is 15.2. The van der Waals surface area contributed by atoms with Gasteiger partial charge in [-0.05, 0) is 31.2 Å². The Labute approximate surface area is 158 Å². The van der Waals surface area contributed by atoms with Gasteiger partial charge in [0.15, 0.2) is 5.43 Å². The summed E-state index contributed by atoms with van der Waals surface area (Å²) in [6.07, 6.45) is 1.46. The largest absolute Gasteiger partial charge is 0.464 e. The van der Waals surface area contributed by atoms with Gasteiger partial charge in [0, 0.05) is 0 Å². The summed E-state index contributed by atoms with van der Waals surface area (Å²) in [6.45, 7) is 1.93. The van der Waals surface area contributed by atoms with Crippen molar-refractivity contribution < 1.29 is 9.21 Å². The fraction of sp³-hybridized carbons (Fsp3) is 0.150. The molecular formula is C20H15N3O3S. The van der Waals surface area contributed by atoms with Crippen molar-refractivity contribution in [3.63, 3.8) is 0 Å². The zero-order chi connectivity index (χ0) is 18.5. The van der Waals surface area contributed by atoms with Crippen molar-refractivity contribution in [2.24, 2.45) is 0 Å². The van der Waals surface area contributed by atoms with E-state index in [9.17, 15) is 9.59 Å². The van der Waals surface area contributed by atoms with E-state index in [1.807, 2.05) is 43.3 Å². The summed E-state index contributed by atoms with van der Waals surface area (Å²) in [7, 11) is 0. The summed E-state index contributed by atoms with van der Waals surface area (Å²) < 4.78 is 5.69. The van der Waals surface area contributed by atoms with Crippen LogP contribution in [0.25, 0.3) is 22.0 Å². The van der Waals surface area contributed by atoms with Crippen LogP contribution in [0, 0.1) is 6.92 Å². The van der Waals surface area contributed by atoms with E-state index in [1.54, 1.807) is 11.0 Å². The smallest absolute Gasteiger partial charge is 0.240 e. The van der Waals surface area contributed by atoms with Gasteiger partial charge in [-0.3, -0.25) is 14.5 Å². The van der Waals surface area contributed by atoms with Gasteiger partial charge in [0.25, 0.3) is 0 Å². The molecule has 1 N–H and O–H groups in total. The molecule has 1 unspecified atom stereocenters. The summed E-state index contributed by atoms with van der Waals surface area (Å²) in [5.41, 5.74) is 3.47. The first-order valence-electron chi connectivity index (χ1n) is 8.52. The second-order valence-corrected chi connectivity index (χ2v) is 7.59. The molecule has 6 nitrogen and oxygen atoms in total. The van der Waals surface area contributed by atoms with Gasteiger partial charge >= 0.3 is 0 Å². The third kappa shape index (κ3) is 2.54. The van der Waals surface area contributed by atoms with Gasteiger partial charge in [-0.2, -0.15) is 0 Å². The molecule has 4 aromatic rings. The van der Waals surface area contributed by atoms with Gasteiger partial charge < -0.3 is 9.40 Å². The number of hydrogen-bond acceptors (Lipinski definition) is 5. The second kappa shape index (κ2) is 5.99. The molecule has 2 aromatic heterocycles. The number of anilines is 1. The second-order valence-electron chi connectivity index (χ2n) is 6.52. The molecule has 2 aromatic carbocycles. The minimum Gasteiger partial charge on any atom is -0.464 e. The molecule has 5 rings (SSSR count). The first-order chi connectivity index (χ1) is 13.1. The van der Waals surface area contributed by atoms with E-state index in [4.69, 9.17) is 4.42 Å². The average molecular weight is 377 g/mol. The van der Waals surface area contributed by atoms with Crippen molar-refractivity contribution in [2.45, 2.75) is 12.3 Å². The summed E-state index contributed by atoms with van der Waals surface area (Å²) in [4.78, 5) is 34.9. The number of fused-ring (bicyclic) bond motifs is 2. The molecule has 1 aliphatic heterocycles. The number of nitrogens with one attached hydrogen (secondary N) is 1. The molecule has 27 heavy (non-hydrogen) atoms. The van der Waals surface area contributed by atoms with Crippen molar-refractivity contribution in [1.82, 2.24) is 9.97 Å². The van der Waals surface area contributed by atoms with Crippen LogP contribution < -0.4 is 10.3 Å². The fourth-order valence-corrected chi connectivity index (χ4v) is 4.52. The van der Waals surface area contributed by atoms with E-state index in [-0.39, 0.29) is 17.1 Å². The number of amides is 1. The Morgan fingerprint density at radius 1 is 1.22 bits per heavy atom. The van der Waals surface area contributed by atoms with Gasteiger partial charge in [-0.25, -0.2) is 4.98 Å². The quantitative estimate of drug-likeness (QED) is 0.575. The lowest BCUT2D eigenvalue weighted by molar-refractivity contribution is -0.115. The van der Waals surface area contributed by atoms with Crippen LogP contribution in [0.15, 0.2) is 57.9 Å². The molecule has 0 aliphatic carbocycles. The molecule has 134 valence electrons. The van der Waals surface area contributed by atoms with Crippen LogP contribution in [0.1, 0.15) is 16.5 Å². The predicted octanol–water partition coefficient (Wildman–Crippen LogP) is 3.76. The van der Waals surface area contributed by atoms with E-state index < -0.39 is 5.37 Å². The van der Waals surface area contributed by atoms with Crippen LogP contribution in [-0.2, 0) is 4.79 Å². The first kappa shape index (κ1) is 16.1. The third-order valence-corrected chi connectivity index (χ3v) is 5.89. The summed E-state index contributed by atoms with van der Waals surface area (Å²) in [6, 6.07) is 13.1. The van der Waals surface area contributed by atoms with Crippen LogP contribution in [-0.4, -0.2) is 21.6 Å². The maximum absolute atomic E-state index is 13.1. The molecule has 1 fully saturated rings. The Hall–Kier alpha value is -3.06. The van der Waals surface area contributed by atoms with E-state index in [0.29, 0.717) is 22.5 Å². The molecule has 0 radical (unpaired) electrons. The molecule has 1 aliphatic rings. The number of aromatic nitrogens is 2. The lowest BCUT2D eigenvalue weighted by atomic mass is 10.1. The molecule has 3 heterocycles. The highest BCUT2D eigenvalue weighted by Crippen LogP contribution is 2.40. The molecular weight excluding hydrogens is 362 g/mol. The average Bonchev–Trinajstić information content (AvgIpc) is 3.25. The van der Waals surface area contributed by atoms with E-state index >= 15 is 0 Å². The zero-order valence-electron chi connectivity index (χ0n) is 14.4. The Kier molecular flexibility index (Phi) is 3.58. The molecule has 1 atom stereocenters. The Morgan fingerprint density at radius 3 is 2.93 bits per heavy atom. The lowest BCUT2D eigenvalue weighted by Gasteiger charge is -2.20. The fourth-order valence-electron chi connectivity index (χ4n) is 3.37. The Bertz CT molecular complexity index is 1230. The number of aromatic amines is 1. The number of hydrogen-bond donors (Lipinski definition) is 1. The topological polar surface area (TPSA) is 79.2 Å². The standard InChI is InChI=1S/C20H15N3O3S/c1-11-6-7-16-12(8-11)18(25)13(9-26-16)19-23(17(24)10-27-19)20-21-14-4-2-3-5-15(14)22-20/h2-9,19H,10H2,1H3,(H,21,22). The number of rotatable bonds is 2. The van der Waals surface area contributed by atoms with Crippen molar-refractivity contribution in [1.29, 1.82) is 0 Å². The summed E-state index contributed by atoms with van der Waals surface area (Å²) in [5, 5.41) is 0.0521. The van der Waals surface area contributed by atoms with Crippen LogP contribution in [0.2, 0.25) is 0 Å². The van der Waals surface area contributed by atoms with Crippen molar-refractivity contribution in [3.05, 3.63) is 70.1 Å². The molecule has 0 spiro atoms. The Balaban J connectivity index is 1.65. The summed E-state index contributed by atoms with van der Waals surface area (Å²) >= 11 is 1.40. The number of H-pyrrole nitrogens is 1. The number of para-hydroxylation sites is 2. The highest BCUT2D eigenvalue weighted by Gasteiger charge is 2.38.